The van der Waals surface area contributed by atoms with Crippen LogP contribution in [0.3, 0.4) is 0 Å². The van der Waals surface area contributed by atoms with E-state index in [1.807, 2.05) is 0 Å². The Morgan fingerprint density at radius 2 is 2.00 bits per heavy atom. The maximum atomic E-state index is 11.4. The highest BCUT2D eigenvalue weighted by molar-refractivity contribution is 7.55. The van der Waals surface area contributed by atoms with Gasteiger partial charge in [-0.2, -0.15) is 12.9 Å². The highest BCUT2D eigenvalue weighted by atomic mass is 31.2. The molecule has 0 aliphatic rings. The summed E-state index contributed by atoms with van der Waals surface area (Å²) in [6.07, 6.45) is 0. The normalized spacial score (nSPS) is 15.6. The van der Waals surface area contributed by atoms with Crippen LogP contribution in [0.4, 0.5) is 12.6 Å². The van der Waals surface area contributed by atoms with Crippen molar-refractivity contribution in [2.45, 2.75) is 0 Å². The van der Waals surface area contributed by atoms with E-state index in [4.69, 9.17) is 0 Å². The number of nitrogens with zero attached hydrogens (tertiary/aromatic N) is 1. The van der Waals surface area contributed by atoms with Crippen molar-refractivity contribution in [3.63, 3.8) is 0 Å². The summed E-state index contributed by atoms with van der Waals surface area (Å²) in [5.41, 5.74) is 0. The molecule has 0 amide bonds. The van der Waals surface area contributed by atoms with Crippen molar-refractivity contribution in [2.24, 2.45) is 4.52 Å². The Balaban J connectivity index is 3.45. The Kier molecular flexibility index (Phi) is 3.67. The van der Waals surface area contributed by atoms with Gasteiger partial charge in [-0.3, -0.25) is 0 Å². The highest BCUT2D eigenvalue weighted by Gasteiger charge is 1.97. The van der Waals surface area contributed by atoms with Gasteiger partial charge in [-0.1, -0.05) is 0 Å². The lowest BCUT2D eigenvalue weighted by Gasteiger charge is -1.82. The second-order valence-electron chi connectivity index (χ2n) is 0.812. The first-order valence-electron chi connectivity index (χ1n) is 1.45. The predicted molar refractivity (Wildman–Crippen MR) is 26.9 cm³/mol. The van der Waals surface area contributed by atoms with E-state index in [2.05, 4.69) is 4.52 Å². The third-order valence-corrected chi connectivity index (χ3v) is 1.92. The molecule has 0 heterocycles. The maximum absolute atomic E-state index is 11.4. The van der Waals surface area contributed by atoms with Crippen LogP contribution < -0.4 is 0 Å². The van der Waals surface area contributed by atoms with E-state index in [1.165, 1.54) is 0 Å². The van der Waals surface area contributed by atoms with Crippen molar-refractivity contribution in [1.82, 2.24) is 0 Å². The smallest absolute Gasteiger partial charge is 0.213 e. The topological polar surface area (TPSA) is 12.4 Å². The zero-order chi connectivity index (χ0) is 5.86. The number of halogens is 3. The van der Waals surface area contributed by atoms with Crippen LogP contribution >= 0.6 is 16.7 Å². The molecule has 1 unspecified atom stereocenters. The van der Waals surface area contributed by atoms with Crippen molar-refractivity contribution >= 4 is 16.7 Å². The van der Waals surface area contributed by atoms with Crippen LogP contribution in [0.25, 0.3) is 0 Å². The summed E-state index contributed by atoms with van der Waals surface area (Å²) in [5.74, 6) is 0. The van der Waals surface area contributed by atoms with Crippen molar-refractivity contribution in [2.75, 3.05) is 6.66 Å². The first kappa shape index (κ1) is 7.45. The van der Waals surface area contributed by atoms with Crippen molar-refractivity contribution in [1.29, 1.82) is 0 Å². The lowest BCUT2D eigenvalue weighted by Crippen LogP contribution is -1.36. The minimum absolute atomic E-state index is 1.07. The van der Waals surface area contributed by atoms with Crippen LogP contribution in [0, 0.1) is 0 Å². The molecular formula is CH4F3NP2. The molecule has 0 aliphatic heterocycles. The molecule has 0 saturated carbocycles. The monoisotopic (exact) mass is 149 g/mol. The van der Waals surface area contributed by atoms with E-state index in [1.54, 1.807) is 0 Å². The van der Waals surface area contributed by atoms with E-state index in [0.717, 1.165) is 6.66 Å². The molecule has 0 fully saturated rings. The molecule has 0 aliphatic carbocycles. The van der Waals surface area contributed by atoms with Crippen LogP contribution in [0.15, 0.2) is 4.52 Å². The fraction of sp³-hybridized carbons (Fsp3) is 1.00. The summed E-state index contributed by atoms with van der Waals surface area (Å²) in [6, 6.07) is 0. The molecule has 0 spiro atoms. The second-order valence-corrected chi connectivity index (χ2v) is 3.04. The van der Waals surface area contributed by atoms with Gasteiger partial charge in [-0.05, 0) is 6.66 Å². The molecule has 0 saturated heterocycles. The summed E-state index contributed by atoms with van der Waals surface area (Å²) in [4.78, 5) is 0. The predicted octanol–water partition coefficient (Wildman–Crippen LogP) is 3.06. The van der Waals surface area contributed by atoms with Gasteiger partial charge in [0.15, 0.2) is 0 Å². The average Bonchev–Trinajstić information content (AvgIpc) is 1.27. The molecule has 1 nitrogen and oxygen atoms in total. The molecule has 44 valence electrons. The Labute approximate surface area is 41.6 Å². The first-order valence-corrected chi connectivity index (χ1v) is 4.35. The van der Waals surface area contributed by atoms with Crippen LogP contribution in [-0.4, -0.2) is 6.66 Å². The van der Waals surface area contributed by atoms with E-state index >= 15 is 0 Å². The second kappa shape index (κ2) is 3.45. The molecule has 1 atom stereocenters. The lowest BCUT2D eigenvalue weighted by atomic mass is 12.0. The van der Waals surface area contributed by atoms with Gasteiger partial charge >= 0.3 is 8.69 Å². The minimum Gasteiger partial charge on any atom is -0.213 e. The SMILES string of the molecule is C/[PH](F)=N\P(F)F. The first-order chi connectivity index (χ1) is 3.13. The van der Waals surface area contributed by atoms with Gasteiger partial charge in [0.25, 0.3) is 0 Å². The molecule has 0 rings (SSSR count). The van der Waals surface area contributed by atoms with Crippen LogP contribution in [-0.2, 0) is 0 Å². The molecule has 6 heteroatoms. The third-order valence-electron chi connectivity index (χ3n) is 0.213. The molecule has 0 bridgehead atoms. The van der Waals surface area contributed by atoms with Gasteiger partial charge in [0.05, 0.1) is 0 Å². The average molecular weight is 149 g/mol. The standard InChI is InChI=1S/CH4F3NP2/c1-6(2)5-7(3)4/h6H,1H3. The van der Waals surface area contributed by atoms with Crippen LogP contribution in [0.2, 0.25) is 0 Å². The molecule has 0 N–H and O–H groups in total. The Morgan fingerprint density at radius 1 is 1.57 bits per heavy atom. The van der Waals surface area contributed by atoms with Gasteiger partial charge in [-0.15, -0.1) is 0 Å². The van der Waals surface area contributed by atoms with Gasteiger partial charge < -0.3 is 0 Å². The van der Waals surface area contributed by atoms with Gasteiger partial charge in [0.2, 0.25) is 0 Å². The molecule has 7 heavy (non-hydrogen) atoms. The summed E-state index contributed by atoms with van der Waals surface area (Å²) in [5, 5.41) is 0. The van der Waals surface area contributed by atoms with E-state index in [9.17, 15) is 12.6 Å². The molecular weight excluding hydrogens is 145 g/mol. The molecule has 0 aromatic rings. The number of hydrogen-bond acceptors (Lipinski definition) is 1. The van der Waals surface area contributed by atoms with Gasteiger partial charge in [0.1, 0.15) is 8.02 Å². The molecule has 0 aromatic heterocycles. The zero-order valence-electron chi connectivity index (χ0n) is 3.53. The number of rotatable bonds is 1. The summed E-state index contributed by atoms with van der Waals surface area (Å²) < 4.78 is 35.8. The van der Waals surface area contributed by atoms with Gasteiger partial charge in [-0.25, -0.2) is 4.20 Å². The van der Waals surface area contributed by atoms with E-state index < -0.39 is 16.7 Å². The Morgan fingerprint density at radius 3 is 2.00 bits per heavy atom. The third kappa shape index (κ3) is 6.45. The minimum atomic E-state index is -3.34. The van der Waals surface area contributed by atoms with Crippen LogP contribution in [0.1, 0.15) is 0 Å². The quantitative estimate of drug-likeness (QED) is 0.508. The Bertz CT molecular complexity index is 77.0. The summed E-state index contributed by atoms with van der Waals surface area (Å²) in [6.45, 7) is 1.07. The highest BCUT2D eigenvalue weighted by Crippen LogP contribution is 2.47. The molecule has 0 radical (unpaired) electrons. The molecule has 0 aromatic carbocycles. The van der Waals surface area contributed by atoms with E-state index in [-0.39, 0.29) is 0 Å². The fourth-order valence-corrected chi connectivity index (χ4v) is 0.937. The Hall–Kier alpha value is 0.450. The largest absolute Gasteiger partial charge is 0.393 e. The van der Waals surface area contributed by atoms with Crippen molar-refractivity contribution in [3.05, 3.63) is 0 Å². The van der Waals surface area contributed by atoms with Crippen LogP contribution in [0.5, 0.6) is 0 Å². The fourth-order valence-electron chi connectivity index (χ4n) is 0.104. The van der Waals surface area contributed by atoms with Crippen molar-refractivity contribution in [3.8, 4) is 0 Å². The zero-order valence-corrected chi connectivity index (χ0v) is 5.42. The van der Waals surface area contributed by atoms with Gasteiger partial charge in [0, 0.05) is 0 Å². The lowest BCUT2D eigenvalue weighted by molar-refractivity contribution is 0.747. The van der Waals surface area contributed by atoms with Crippen molar-refractivity contribution < 1.29 is 12.6 Å². The van der Waals surface area contributed by atoms with E-state index in [0.29, 0.717) is 0 Å². The summed E-state index contributed by atoms with van der Waals surface area (Å²) >= 11 is 0. The number of hydrogen-bond donors (Lipinski definition) is 0. The maximum Gasteiger partial charge on any atom is 0.393 e. The summed E-state index contributed by atoms with van der Waals surface area (Å²) in [7, 11) is -5.88.